The van der Waals surface area contributed by atoms with Gasteiger partial charge < -0.3 is 5.11 Å². The molecule has 1 aliphatic heterocycles. The summed E-state index contributed by atoms with van der Waals surface area (Å²) in [7, 11) is 0. The van der Waals surface area contributed by atoms with Crippen LogP contribution in [0.1, 0.15) is 23.1 Å². The van der Waals surface area contributed by atoms with Crippen molar-refractivity contribution in [3.63, 3.8) is 0 Å². The fourth-order valence-corrected chi connectivity index (χ4v) is 3.63. The van der Waals surface area contributed by atoms with Gasteiger partial charge in [-0.3, -0.25) is 9.80 Å². The maximum Gasteiger partial charge on any atom is 0.130 e. The summed E-state index contributed by atoms with van der Waals surface area (Å²) in [6.45, 7) is 6.02. The van der Waals surface area contributed by atoms with Gasteiger partial charge in [-0.25, -0.2) is 8.78 Å². The molecule has 0 spiro atoms. The summed E-state index contributed by atoms with van der Waals surface area (Å²) >= 11 is 0. The van der Waals surface area contributed by atoms with Crippen LogP contribution in [0.2, 0.25) is 0 Å². The van der Waals surface area contributed by atoms with Crippen molar-refractivity contribution in [2.75, 3.05) is 26.2 Å². The number of aryl methyl sites for hydroxylation is 1. The second-order valence-corrected chi connectivity index (χ2v) is 7.03. The molecule has 140 valence electrons. The maximum atomic E-state index is 13.9. The topological polar surface area (TPSA) is 26.7 Å². The van der Waals surface area contributed by atoms with Crippen molar-refractivity contribution in [1.82, 2.24) is 9.80 Å². The highest BCUT2D eigenvalue weighted by Crippen LogP contribution is 2.21. The zero-order valence-corrected chi connectivity index (χ0v) is 15.2. The Bertz CT molecular complexity index is 738. The van der Waals surface area contributed by atoms with Crippen molar-refractivity contribution in [3.8, 4) is 0 Å². The maximum absolute atomic E-state index is 13.9. The predicted octanol–water partition coefficient (Wildman–Crippen LogP) is 3.34. The summed E-state index contributed by atoms with van der Waals surface area (Å²) in [5.41, 5.74) is 3.08. The molecule has 3 rings (SSSR count). The third kappa shape index (κ3) is 4.67. The molecule has 2 aromatic carbocycles. The molecule has 2 aromatic rings. The summed E-state index contributed by atoms with van der Waals surface area (Å²) in [6.07, 6.45) is 0.689. The molecule has 0 bridgehead atoms. The Kier molecular flexibility index (Phi) is 6.35. The summed E-state index contributed by atoms with van der Waals surface area (Å²) in [5.74, 6) is -1.04. The molecule has 3 nitrogen and oxygen atoms in total. The van der Waals surface area contributed by atoms with Crippen LogP contribution in [0.25, 0.3) is 0 Å². The first-order valence-electron chi connectivity index (χ1n) is 9.12. The van der Waals surface area contributed by atoms with Gasteiger partial charge in [-0.05, 0) is 30.5 Å². The Labute approximate surface area is 153 Å². The summed E-state index contributed by atoms with van der Waals surface area (Å²) in [5, 5.41) is 9.46. The van der Waals surface area contributed by atoms with E-state index in [0.717, 1.165) is 32.2 Å². The molecule has 0 unspecified atom stereocenters. The van der Waals surface area contributed by atoms with Crippen molar-refractivity contribution in [2.24, 2.45) is 0 Å². The van der Waals surface area contributed by atoms with Gasteiger partial charge in [-0.1, -0.05) is 30.3 Å². The summed E-state index contributed by atoms with van der Waals surface area (Å²) in [6, 6.07) is 12.3. The van der Waals surface area contributed by atoms with Gasteiger partial charge in [0.1, 0.15) is 11.6 Å². The lowest BCUT2D eigenvalue weighted by atomic mass is 10.0. The molecule has 1 N–H and O–H groups in total. The minimum atomic E-state index is -0.549. The number of rotatable bonds is 6. The van der Waals surface area contributed by atoms with Crippen LogP contribution in [0.15, 0.2) is 42.5 Å². The zero-order valence-electron chi connectivity index (χ0n) is 15.2. The minimum Gasteiger partial charge on any atom is -0.396 e. The Morgan fingerprint density at radius 2 is 1.85 bits per heavy atom. The zero-order chi connectivity index (χ0) is 18.5. The lowest BCUT2D eigenvalue weighted by Crippen LogP contribution is -2.52. The van der Waals surface area contributed by atoms with E-state index in [2.05, 4.69) is 34.9 Å². The molecule has 1 heterocycles. The van der Waals surface area contributed by atoms with Crippen LogP contribution in [-0.4, -0.2) is 47.2 Å². The monoisotopic (exact) mass is 360 g/mol. The minimum absolute atomic E-state index is 0.133. The highest BCUT2D eigenvalue weighted by molar-refractivity contribution is 5.25. The number of aliphatic hydroxyl groups is 1. The van der Waals surface area contributed by atoms with E-state index < -0.39 is 11.6 Å². The highest BCUT2D eigenvalue weighted by atomic mass is 19.1. The molecule has 1 aliphatic rings. The predicted molar refractivity (Wildman–Crippen MR) is 98.7 cm³/mol. The number of piperazine rings is 1. The normalized spacial score (nSPS) is 19.0. The fourth-order valence-electron chi connectivity index (χ4n) is 3.63. The molecule has 5 heteroatoms. The number of nitrogens with zero attached hydrogens (tertiary/aromatic N) is 2. The standard InChI is InChI=1S/C21H26F2N2O/c1-16-4-2-3-5-17(16)14-25-10-9-24(15-20(25)8-11-26)13-18-6-7-19(22)12-21(18)23/h2-7,12,20,26H,8-11,13-15H2,1H3/t20-/m1/s1. The molecule has 1 fully saturated rings. The molecule has 1 atom stereocenters. The van der Waals surface area contributed by atoms with Gasteiger partial charge in [0, 0.05) is 57.0 Å². The van der Waals surface area contributed by atoms with Crippen molar-refractivity contribution >= 4 is 0 Å². The Morgan fingerprint density at radius 1 is 1.04 bits per heavy atom. The molecular formula is C21H26F2N2O. The Hall–Kier alpha value is -1.82. The quantitative estimate of drug-likeness (QED) is 0.856. The second kappa shape index (κ2) is 8.71. The van der Waals surface area contributed by atoms with Crippen LogP contribution in [0.3, 0.4) is 0 Å². The van der Waals surface area contributed by atoms with Gasteiger partial charge in [0.2, 0.25) is 0 Å². The smallest absolute Gasteiger partial charge is 0.130 e. The van der Waals surface area contributed by atoms with Gasteiger partial charge in [0.15, 0.2) is 0 Å². The average molecular weight is 360 g/mol. The summed E-state index contributed by atoms with van der Waals surface area (Å²) in [4.78, 5) is 4.58. The SMILES string of the molecule is Cc1ccccc1CN1CCN(Cc2ccc(F)cc2F)C[C@H]1CCO. The first-order valence-corrected chi connectivity index (χ1v) is 9.12. The van der Waals surface area contributed by atoms with Gasteiger partial charge in [0.25, 0.3) is 0 Å². The molecule has 0 aromatic heterocycles. The number of hydrogen-bond acceptors (Lipinski definition) is 3. The molecule has 0 radical (unpaired) electrons. The van der Waals surface area contributed by atoms with Gasteiger partial charge in [-0.2, -0.15) is 0 Å². The largest absolute Gasteiger partial charge is 0.396 e. The van der Waals surface area contributed by atoms with E-state index in [1.807, 2.05) is 6.07 Å². The molecule has 0 saturated carbocycles. The molecule has 26 heavy (non-hydrogen) atoms. The fraction of sp³-hybridized carbons (Fsp3) is 0.429. The first-order chi connectivity index (χ1) is 12.6. The van der Waals surface area contributed by atoms with Gasteiger partial charge in [0.05, 0.1) is 0 Å². The lowest BCUT2D eigenvalue weighted by Gasteiger charge is -2.41. The van der Waals surface area contributed by atoms with Crippen LogP contribution >= 0.6 is 0 Å². The number of aliphatic hydroxyl groups excluding tert-OH is 1. The van der Waals surface area contributed by atoms with Crippen molar-refractivity contribution in [2.45, 2.75) is 32.5 Å². The molecule has 0 amide bonds. The lowest BCUT2D eigenvalue weighted by molar-refractivity contribution is 0.0493. The van der Waals surface area contributed by atoms with Crippen LogP contribution in [-0.2, 0) is 13.1 Å². The third-order valence-electron chi connectivity index (χ3n) is 5.19. The van der Waals surface area contributed by atoms with E-state index >= 15 is 0 Å². The summed E-state index contributed by atoms with van der Waals surface area (Å²) < 4.78 is 27.0. The Morgan fingerprint density at radius 3 is 2.58 bits per heavy atom. The van der Waals surface area contributed by atoms with Crippen molar-refractivity contribution < 1.29 is 13.9 Å². The Balaban J connectivity index is 1.66. The number of halogens is 2. The van der Waals surface area contributed by atoms with Crippen LogP contribution in [0.5, 0.6) is 0 Å². The first kappa shape index (κ1) is 19.0. The molecule has 0 aliphatic carbocycles. The average Bonchev–Trinajstić information content (AvgIpc) is 2.61. The van der Waals surface area contributed by atoms with E-state index in [-0.39, 0.29) is 12.6 Å². The van der Waals surface area contributed by atoms with E-state index in [1.165, 1.54) is 23.3 Å². The molecule has 1 saturated heterocycles. The van der Waals surface area contributed by atoms with E-state index in [4.69, 9.17) is 0 Å². The van der Waals surface area contributed by atoms with Crippen LogP contribution in [0, 0.1) is 18.6 Å². The molecular weight excluding hydrogens is 334 g/mol. The van der Waals surface area contributed by atoms with Crippen molar-refractivity contribution in [1.29, 1.82) is 0 Å². The van der Waals surface area contributed by atoms with E-state index in [9.17, 15) is 13.9 Å². The second-order valence-electron chi connectivity index (χ2n) is 7.03. The van der Waals surface area contributed by atoms with Crippen LogP contribution in [0.4, 0.5) is 8.78 Å². The number of benzene rings is 2. The third-order valence-corrected chi connectivity index (χ3v) is 5.19. The number of hydrogen-bond donors (Lipinski definition) is 1. The van der Waals surface area contributed by atoms with E-state index in [0.29, 0.717) is 18.5 Å². The van der Waals surface area contributed by atoms with E-state index in [1.54, 1.807) is 0 Å². The van der Waals surface area contributed by atoms with Gasteiger partial charge in [-0.15, -0.1) is 0 Å². The van der Waals surface area contributed by atoms with Gasteiger partial charge >= 0.3 is 0 Å². The highest BCUT2D eigenvalue weighted by Gasteiger charge is 2.27. The van der Waals surface area contributed by atoms with Crippen molar-refractivity contribution in [3.05, 3.63) is 70.8 Å². The van der Waals surface area contributed by atoms with Crippen LogP contribution < -0.4 is 0 Å².